The fourth-order valence-corrected chi connectivity index (χ4v) is 2.60. The molecule has 2 heterocycles. The second-order valence-electron chi connectivity index (χ2n) is 5.13. The first-order valence-electron chi connectivity index (χ1n) is 6.64. The number of aromatic nitrogens is 2. The van der Waals surface area contributed by atoms with Crippen LogP contribution in [0.25, 0.3) is 0 Å². The minimum Gasteiger partial charge on any atom is -0.346 e. The van der Waals surface area contributed by atoms with Crippen molar-refractivity contribution in [2.45, 2.75) is 38.8 Å². The van der Waals surface area contributed by atoms with Gasteiger partial charge in [0, 0.05) is 19.1 Å². The molecule has 1 amide bonds. The highest BCUT2D eigenvalue weighted by Crippen LogP contribution is 2.22. The van der Waals surface area contributed by atoms with Crippen LogP contribution in [0.4, 0.5) is 5.69 Å². The molecule has 2 unspecified atom stereocenters. The van der Waals surface area contributed by atoms with E-state index < -0.39 is 10.8 Å². The summed E-state index contributed by atoms with van der Waals surface area (Å²) in [6, 6.07) is 0.132. The number of hydrogen-bond acceptors (Lipinski definition) is 5. The number of halogens is 1. The molecule has 0 spiro atoms. The second-order valence-corrected chi connectivity index (χ2v) is 5.13. The fraction of sp³-hybridized carbons (Fsp3) is 0.667. The van der Waals surface area contributed by atoms with E-state index in [0.717, 1.165) is 19.4 Å². The monoisotopic (exact) mass is 317 g/mol. The zero-order valence-electron chi connectivity index (χ0n) is 12.3. The fourth-order valence-electron chi connectivity index (χ4n) is 2.60. The number of nitrogens with one attached hydrogen (secondary N) is 2. The van der Waals surface area contributed by atoms with Crippen LogP contribution in [0, 0.1) is 17.0 Å². The zero-order chi connectivity index (χ0) is 14.9. The second kappa shape index (κ2) is 6.86. The van der Waals surface area contributed by atoms with Gasteiger partial charge in [0.05, 0.1) is 4.92 Å². The first-order valence-corrected chi connectivity index (χ1v) is 6.64. The van der Waals surface area contributed by atoms with Crippen LogP contribution in [0.3, 0.4) is 0 Å². The highest BCUT2D eigenvalue weighted by Gasteiger charge is 2.31. The van der Waals surface area contributed by atoms with Crippen molar-refractivity contribution in [3.8, 4) is 0 Å². The van der Waals surface area contributed by atoms with Gasteiger partial charge >= 0.3 is 5.69 Å². The molecule has 2 atom stereocenters. The van der Waals surface area contributed by atoms with E-state index in [-0.39, 0.29) is 41.6 Å². The van der Waals surface area contributed by atoms with Gasteiger partial charge in [-0.05, 0) is 33.2 Å². The molecule has 0 aromatic carbocycles. The van der Waals surface area contributed by atoms with Crippen LogP contribution in [0.2, 0.25) is 0 Å². The van der Waals surface area contributed by atoms with Crippen LogP contribution in [0.15, 0.2) is 0 Å². The van der Waals surface area contributed by atoms with Crippen LogP contribution < -0.4 is 10.6 Å². The number of rotatable bonds is 3. The number of nitrogens with zero attached hydrogens (tertiary/aromatic N) is 3. The van der Waals surface area contributed by atoms with E-state index in [0.29, 0.717) is 0 Å². The molecule has 2 N–H and O–H groups in total. The number of nitro groups is 1. The topological polar surface area (TPSA) is 102 Å². The smallest absolute Gasteiger partial charge is 0.322 e. The van der Waals surface area contributed by atoms with Crippen molar-refractivity contribution < 1.29 is 9.72 Å². The number of aryl methyl sites for hydroxylation is 2. The Hall–Kier alpha value is -1.67. The van der Waals surface area contributed by atoms with Gasteiger partial charge in [-0.15, -0.1) is 12.4 Å². The Kier molecular flexibility index (Phi) is 5.68. The van der Waals surface area contributed by atoms with Gasteiger partial charge < -0.3 is 10.6 Å². The molecule has 0 saturated carbocycles. The lowest BCUT2D eigenvalue weighted by Gasteiger charge is -2.30. The van der Waals surface area contributed by atoms with E-state index in [1.54, 1.807) is 0 Å². The van der Waals surface area contributed by atoms with Gasteiger partial charge in [-0.25, -0.2) is 0 Å². The molecule has 0 bridgehead atoms. The predicted octanol–water partition coefficient (Wildman–Crippen LogP) is 0.929. The van der Waals surface area contributed by atoms with E-state index in [9.17, 15) is 14.9 Å². The van der Waals surface area contributed by atoms with Gasteiger partial charge in [0.1, 0.15) is 5.69 Å². The lowest BCUT2D eigenvalue weighted by atomic mass is 10.00. The third kappa shape index (κ3) is 3.51. The summed E-state index contributed by atoms with van der Waals surface area (Å²) in [4.78, 5) is 22.8. The number of piperidine rings is 1. The van der Waals surface area contributed by atoms with E-state index in [4.69, 9.17) is 0 Å². The van der Waals surface area contributed by atoms with E-state index in [2.05, 4.69) is 15.7 Å². The average molecular weight is 318 g/mol. The van der Waals surface area contributed by atoms with Crippen LogP contribution in [0.5, 0.6) is 0 Å². The number of amides is 1. The molecule has 1 aromatic heterocycles. The van der Waals surface area contributed by atoms with Gasteiger partial charge in [0.15, 0.2) is 0 Å². The van der Waals surface area contributed by atoms with Crippen molar-refractivity contribution >= 4 is 24.0 Å². The summed E-state index contributed by atoms with van der Waals surface area (Å²) >= 11 is 0. The molecule has 1 aliphatic heterocycles. The van der Waals surface area contributed by atoms with Gasteiger partial charge in [0.25, 0.3) is 5.91 Å². The molecular weight excluding hydrogens is 298 g/mol. The highest BCUT2D eigenvalue weighted by atomic mass is 35.5. The first kappa shape index (κ1) is 17.4. The molecule has 1 fully saturated rings. The lowest BCUT2D eigenvalue weighted by Crippen LogP contribution is -2.52. The highest BCUT2D eigenvalue weighted by molar-refractivity contribution is 5.97. The summed E-state index contributed by atoms with van der Waals surface area (Å²) in [6.45, 7) is 4.45. The summed E-state index contributed by atoms with van der Waals surface area (Å²) < 4.78 is 1.27. The SMILES string of the molecule is Cc1nn(C)c(C(=O)NC2CCCNC2C)c1[N+](=O)[O-].Cl. The zero-order valence-corrected chi connectivity index (χ0v) is 13.1. The molecule has 1 aliphatic rings. The Bertz CT molecular complexity index is 545. The van der Waals surface area contributed by atoms with Crippen LogP contribution in [0.1, 0.15) is 35.9 Å². The molecule has 1 saturated heterocycles. The minimum atomic E-state index is -0.556. The van der Waals surface area contributed by atoms with Crippen LogP contribution >= 0.6 is 12.4 Å². The third-order valence-electron chi connectivity index (χ3n) is 3.67. The normalized spacial score (nSPS) is 21.5. The van der Waals surface area contributed by atoms with Gasteiger partial charge in [-0.1, -0.05) is 0 Å². The Labute approximate surface area is 128 Å². The Morgan fingerprint density at radius 2 is 2.24 bits per heavy atom. The standard InChI is InChI=1S/C12H19N5O3.ClH/c1-7-9(5-4-6-13-7)14-12(18)11-10(17(19)20)8(2)15-16(11)3;/h7,9,13H,4-6H2,1-3H3,(H,14,18);1H. The maximum atomic E-state index is 12.3. The summed E-state index contributed by atoms with van der Waals surface area (Å²) in [5, 5.41) is 21.2. The molecule has 0 radical (unpaired) electrons. The van der Waals surface area contributed by atoms with Crippen molar-refractivity contribution in [3.05, 3.63) is 21.5 Å². The Morgan fingerprint density at radius 3 is 2.81 bits per heavy atom. The molecule has 21 heavy (non-hydrogen) atoms. The number of hydrogen-bond donors (Lipinski definition) is 2. The largest absolute Gasteiger partial charge is 0.346 e. The van der Waals surface area contributed by atoms with E-state index in [1.807, 2.05) is 6.92 Å². The minimum absolute atomic E-state index is 0. The molecule has 0 aliphatic carbocycles. The Balaban J connectivity index is 0.00000220. The summed E-state index contributed by atoms with van der Waals surface area (Å²) in [5.74, 6) is -0.444. The van der Waals surface area contributed by atoms with E-state index >= 15 is 0 Å². The molecule has 8 nitrogen and oxygen atoms in total. The van der Waals surface area contributed by atoms with Gasteiger partial charge in [-0.2, -0.15) is 5.10 Å². The van der Waals surface area contributed by atoms with Gasteiger partial charge in [0.2, 0.25) is 5.69 Å². The number of carbonyl (C=O) groups is 1. The van der Waals surface area contributed by atoms with Crippen molar-refractivity contribution in [3.63, 3.8) is 0 Å². The summed E-state index contributed by atoms with van der Waals surface area (Å²) in [6.07, 6.45) is 1.84. The van der Waals surface area contributed by atoms with Crippen molar-refractivity contribution in [2.75, 3.05) is 6.54 Å². The predicted molar refractivity (Wildman–Crippen MR) is 79.8 cm³/mol. The lowest BCUT2D eigenvalue weighted by molar-refractivity contribution is -0.385. The maximum Gasteiger partial charge on any atom is 0.322 e. The van der Waals surface area contributed by atoms with Crippen molar-refractivity contribution in [1.29, 1.82) is 0 Å². The third-order valence-corrected chi connectivity index (χ3v) is 3.67. The number of carbonyl (C=O) groups excluding carboxylic acids is 1. The average Bonchev–Trinajstić information content (AvgIpc) is 2.67. The van der Waals surface area contributed by atoms with E-state index in [1.165, 1.54) is 18.7 Å². The molecule has 1 aromatic rings. The van der Waals surface area contributed by atoms with Gasteiger partial charge in [-0.3, -0.25) is 19.6 Å². The summed E-state index contributed by atoms with van der Waals surface area (Å²) in [5.41, 5.74) is 0.0316. The summed E-state index contributed by atoms with van der Waals surface area (Å²) in [7, 11) is 1.54. The van der Waals surface area contributed by atoms with Crippen molar-refractivity contribution in [2.24, 2.45) is 7.05 Å². The van der Waals surface area contributed by atoms with Crippen LogP contribution in [-0.4, -0.2) is 39.2 Å². The van der Waals surface area contributed by atoms with Crippen LogP contribution in [-0.2, 0) is 7.05 Å². The molecule has 9 heteroatoms. The first-order chi connectivity index (χ1) is 9.41. The Morgan fingerprint density at radius 1 is 1.57 bits per heavy atom. The van der Waals surface area contributed by atoms with Crippen molar-refractivity contribution in [1.82, 2.24) is 20.4 Å². The molecule has 2 rings (SSSR count). The quantitative estimate of drug-likeness (QED) is 0.638. The molecule has 118 valence electrons. The maximum absolute atomic E-state index is 12.3. The molecular formula is C12H20ClN5O3.